The highest BCUT2D eigenvalue weighted by molar-refractivity contribution is 6.27. The molecular weight excluding hydrogens is 370 g/mol. The van der Waals surface area contributed by atoms with Gasteiger partial charge in [0.15, 0.2) is 5.82 Å². The number of nitrogens with one attached hydrogen (secondary N) is 2. The molecule has 1 fully saturated rings. The summed E-state index contributed by atoms with van der Waals surface area (Å²) in [5.74, 6) is 6.36. The van der Waals surface area contributed by atoms with Crippen LogP contribution in [0.1, 0.15) is 6.42 Å². The number of nitrogen functional groups attached to an aromatic ring is 1. The Morgan fingerprint density at radius 1 is 1.41 bits per heavy atom. The van der Waals surface area contributed by atoms with E-state index in [0.29, 0.717) is 30.4 Å². The third kappa shape index (κ3) is 3.33. The molecule has 10 heteroatoms. The van der Waals surface area contributed by atoms with Crippen molar-refractivity contribution in [1.29, 1.82) is 0 Å². The number of amides is 1. The number of hydrogen-bond acceptors (Lipinski definition) is 6. The fourth-order valence-corrected chi connectivity index (χ4v) is 3.43. The van der Waals surface area contributed by atoms with Crippen molar-refractivity contribution in [3.8, 4) is 11.5 Å². The molecule has 1 atom stereocenters. The molecule has 3 aromatic rings. The van der Waals surface area contributed by atoms with Gasteiger partial charge in [0.05, 0.1) is 0 Å². The lowest BCUT2D eigenvalue weighted by atomic mass is 10.1. The summed E-state index contributed by atoms with van der Waals surface area (Å²) in [6.45, 7) is 1.23. The quantitative estimate of drug-likeness (QED) is 0.448. The summed E-state index contributed by atoms with van der Waals surface area (Å²) in [4.78, 5) is 33.1. The van der Waals surface area contributed by atoms with Gasteiger partial charge in [0.25, 0.3) is 0 Å². The number of benzene rings is 1. The average molecular weight is 388 g/mol. The first-order valence-electron chi connectivity index (χ1n) is 8.50. The van der Waals surface area contributed by atoms with Crippen LogP contribution in [0, 0.1) is 0 Å². The Hall–Kier alpha value is -3.07. The van der Waals surface area contributed by atoms with Gasteiger partial charge in [-0.2, -0.15) is 0 Å². The summed E-state index contributed by atoms with van der Waals surface area (Å²) in [5.41, 5.74) is -0.00956. The second kappa shape index (κ2) is 6.92. The Balaban J connectivity index is 1.69. The van der Waals surface area contributed by atoms with Gasteiger partial charge in [-0.1, -0.05) is 24.3 Å². The van der Waals surface area contributed by atoms with E-state index in [1.54, 1.807) is 4.90 Å². The van der Waals surface area contributed by atoms with Crippen LogP contribution in [0.5, 0.6) is 0 Å². The van der Waals surface area contributed by atoms with Crippen molar-refractivity contribution in [2.24, 2.45) is 0 Å². The number of alkyl halides is 1. The molecule has 0 unspecified atom stereocenters. The van der Waals surface area contributed by atoms with E-state index in [1.807, 2.05) is 30.3 Å². The maximum Gasteiger partial charge on any atom is 0.362 e. The Kier molecular flexibility index (Phi) is 4.44. The maximum atomic E-state index is 11.8. The lowest BCUT2D eigenvalue weighted by Crippen LogP contribution is -2.32. The van der Waals surface area contributed by atoms with Gasteiger partial charge in [0, 0.05) is 24.5 Å². The first-order chi connectivity index (χ1) is 13.0. The summed E-state index contributed by atoms with van der Waals surface area (Å²) in [6.07, 6.45) is 0.803. The summed E-state index contributed by atoms with van der Waals surface area (Å²) < 4.78 is 0. The van der Waals surface area contributed by atoms with Crippen LogP contribution < -0.4 is 16.8 Å². The van der Waals surface area contributed by atoms with Crippen LogP contribution in [0.4, 0.5) is 5.82 Å². The van der Waals surface area contributed by atoms with Crippen LogP contribution in [-0.4, -0.2) is 55.7 Å². The van der Waals surface area contributed by atoms with Crippen LogP contribution in [-0.2, 0) is 4.79 Å². The van der Waals surface area contributed by atoms with Gasteiger partial charge in [0.2, 0.25) is 5.91 Å². The molecule has 3 heterocycles. The normalized spacial score (nSPS) is 16.8. The van der Waals surface area contributed by atoms with Gasteiger partial charge in [-0.15, -0.1) is 21.5 Å². The zero-order valence-electron chi connectivity index (χ0n) is 14.4. The standard InChI is InChI=1S/C17H18ClN7O2/c18-8-14(26)24-6-5-11(9-24)20-15-12-4-2-1-3-10(12)7-13(21-15)16-22-17(27)25(19)23-16/h1-4,7,11H,5-6,8-9,19H2,(H,20,21)(H,22,23,27)/t11-/m0/s1. The van der Waals surface area contributed by atoms with Gasteiger partial charge in [-0.3, -0.25) is 9.78 Å². The van der Waals surface area contributed by atoms with Gasteiger partial charge >= 0.3 is 5.69 Å². The van der Waals surface area contributed by atoms with Crippen LogP contribution in [0.15, 0.2) is 35.1 Å². The molecule has 9 nitrogen and oxygen atoms in total. The average Bonchev–Trinajstić information content (AvgIpc) is 3.28. The Bertz CT molecular complexity index is 1060. The number of nitrogens with two attached hydrogens (primary N) is 1. The highest BCUT2D eigenvalue weighted by Crippen LogP contribution is 2.27. The molecule has 140 valence electrons. The number of halogens is 1. The van der Waals surface area contributed by atoms with Crippen molar-refractivity contribution in [2.45, 2.75) is 12.5 Å². The minimum Gasteiger partial charge on any atom is -0.365 e. The molecule has 0 saturated carbocycles. The molecule has 1 aliphatic heterocycles. The first kappa shape index (κ1) is 17.3. The SMILES string of the molecule is Nn1nc(-c2cc3ccccc3c(N[C@H]3CCN(C(=O)CCl)C3)n2)[nH]c1=O. The van der Waals surface area contributed by atoms with E-state index in [-0.39, 0.29) is 17.8 Å². The molecule has 0 spiro atoms. The number of rotatable bonds is 4. The van der Waals surface area contributed by atoms with Gasteiger partial charge in [-0.05, 0) is 17.9 Å². The van der Waals surface area contributed by atoms with Crippen LogP contribution in [0.25, 0.3) is 22.3 Å². The number of fused-ring (bicyclic) bond motifs is 1. The van der Waals surface area contributed by atoms with E-state index in [2.05, 4.69) is 20.4 Å². The predicted molar refractivity (Wildman–Crippen MR) is 103 cm³/mol. The fraction of sp³-hybridized carbons (Fsp3) is 0.294. The maximum absolute atomic E-state index is 11.8. The number of hydrogen-bond donors (Lipinski definition) is 3. The third-order valence-electron chi connectivity index (χ3n) is 4.62. The zero-order chi connectivity index (χ0) is 19.0. The van der Waals surface area contributed by atoms with Crippen LogP contribution in [0.3, 0.4) is 0 Å². The minimum atomic E-state index is -0.513. The lowest BCUT2D eigenvalue weighted by molar-refractivity contribution is -0.127. The third-order valence-corrected chi connectivity index (χ3v) is 4.85. The van der Waals surface area contributed by atoms with E-state index in [1.165, 1.54) is 0 Å². The van der Waals surface area contributed by atoms with E-state index < -0.39 is 5.69 Å². The molecular formula is C17H18ClN7O2. The summed E-state index contributed by atoms with van der Waals surface area (Å²) in [6, 6.07) is 9.70. The lowest BCUT2D eigenvalue weighted by Gasteiger charge is -2.17. The Morgan fingerprint density at radius 3 is 2.96 bits per heavy atom. The molecule has 4 N–H and O–H groups in total. The second-order valence-electron chi connectivity index (χ2n) is 6.40. The zero-order valence-corrected chi connectivity index (χ0v) is 15.1. The van der Waals surface area contributed by atoms with Crippen molar-refractivity contribution in [1.82, 2.24) is 24.8 Å². The van der Waals surface area contributed by atoms with Crippen molar-refractivity contribution in [2.75, 3.05) is 30.1 Å². The highest BCUT2D eigenvalue weighted by Gasteiger charge is 2.26. The smallest absolute Gasteiger partial charge is 0.362 e. The number of anilines is 1. The summed E-state index contributed by atoms with van der Waals surface area (Å²) in [7, 11) is 0. The van der Waals surface area contributed by atoms with Crippen LogP contribution in [0.2, 0.25) is 0 Å². The monoisotopic (exact) mass is 387 g/mol. The largest absolute Gasteiger partial charge is 0.365 e. The van der Waals surface area contributed by atoms with Gasteiger partial charge in [0.1, 0.15) is 17.4 Å². The number of carbonyl (C=O) groups is 1. The number of H-pyrrole nitrogens is 1. The molecule has 1 aliphatic rings. The van der Waals surface area contributed by atoms with E-state index in [4.69, 9.17) is 17.4 Å². The molecule has 1 saturated heterocycles. The van der Waals surface area contributed by atoms with Crippen molar-refractivity contribution < 1.29 is 4.79 Å². The number of aromatic amines is 1. The van der Waals surface area contributed by atoms with E-state index in [0.717, 1.165) is 22.0 Å². The molecule has 1 amide bonds. The van der Waals surface area contributed by atoms with Gasteiger partial charge < -0.3 is 16.1 Å². The molecule has 0 radical (unpaired) electrons. The highest BCUT2D eigenvalue weighted by atomic mass is 35.5. The molecule has 1 aromatic carbocycles. The second-order valence-corrected chi connectivity index (χ2v) is 6.67. The Morgan fingerprint density at radius 2 is 2.22 bits per heavy atom. The predicted octanol–water partition coefficient (Wildman–Crippen LogP) is 0.752. The molecule has 27 heavy (non-hydrogen) atoms. The molecule has 0 aliphatic carbocycles. The van der Waals surface area contributed by atoms with E-state index in [9.17, 15) is 9.59 Å². The van der Waals surface area contributed by atoms with Gasteiger partial charge in [-0.25, -0.2) is 9.78 Å². The minimum absolute atomic E-state index is 0.0154. The number of likely N-dealkylation sites (tertiary alicyclic amines) is 1. The summed E-state index contributed by atoms with van der Waals surface area (Å²) in [5, 5.41) is 9.28. The van der Waals surface area contributed by atoms with E-state index >= 15 is 0 Å². The molecule has 4 rings (SSSR count). The number of aromatic nitrogens is 4. The molecule has 0 bridgehead atoms. The first-order valence-corrected chi connectivity index (χ1v) is 9.03. The number of carbonyl (C=O) groups excluding carboxylic acids is 1. The molecule has 2 aromatic heterocycles. The Labute approximate surface area is 159 Å². The summed E-state index contributed by atoms with van der Waals surface area (Å²) >= 11 is 5.65. The topological polar surface area (TPSA) is 122 Å². The number of nitrogens with zero attached hydrogens (tertiary/aromatic N) is 4. The fourth-order valence-electron chi connectivity index (χ4n) is 3.26. The van der Waals surface area contributed by atoms with Crippen molar-refractivity contribution >= 4 is 34.1 Å². The van der Waals surface area contributed by atoms with Crippen molar-refractivity contribution in [3.63, 3.8) is 0 Å². The van der Waals surface area contributed by atoms with Crippen molar-refractivity contribution in [3.05, 3.63) is 40.8 Å². The number of pyridine rings is 1. The van der Waals surface area contributed by atoms with Crippen LogP contribution >= 0.6 is 11.6 Å².